The topological polar surface area (TPSA) is 80.2 Å². The maximum absolute atomic E-state index is 3.94. The number of aromatic amines is 1. The van der Waals surface area contributed by atoms with Crippen LogP contribution in [0.3, 0.4) is 0 Å². The van der Waals surface area contributed by atoms with Gasteiger partial charge in [0.1, 0.15) is 0 Å². The van der Waals surface area contributed by atoms with Crippen molar-refractivity contribution in [3.05, 3.63) is 18.5 Å². The number of hydrogen-bond acceptors (Lipinski definition) is 5. The predicted molar refractivity (Wildman–Crippen MR) is 35.2 cm³/mol. The van der Waals surface area contributed by atoms with Gasteiger partial charge in [-0.2, -0.15) is 0 Å². The van der Waals surface area contributed by atoms with Crippen molar-refractivity contribution in [3.8, 4) is 11.6 Å². The summed E-state index contributed by atoms with van der Waals surface area (Å²) in [6, 6.07) is 1.73. The lowest BCUT2D eigenvalue weighted by Crippen LogP contribution is -1.88. The Balaban J connectivity index is 2.46. The third kappa shape index (κ3) is 1.05. The Hall–Kier alpha value is -1.85. The Bertz CT molecular complexity index is 314. The van der Waals surface area contributed by atoms with Crippen molar-refractivity contribution in [2.45, 2.75) is 0 Å². The van der Waals surface area contributed by atoms with Gasteiger partial charge in [-0.15, -0.1) is 5.10 Å². The number of nitrogens with one attached hydrogen (secondary N) is 1. The van der Waals surface area contributed by atoms with E-state index in [1.165, 1.54) is 0 Å². The molecule has 0 unspecified atom stereocenters. The Kier molecular flexibility index (Phi) is 1.29. The normalized spacial score (nSPS) is 9.82. The van der Waals surface area contributed by atoms with Gasteiger partial charge >= 0.3 is 0 Å². The standard InChI is InChI=1S/C5H4N6/c1-2-6-4(7-3-1)5-8-10-11-9-5/h1-3H,(H,8,9,10,11). The number of tetrazole rings is 1. The molecule has 0 fully saturated rings. The van der Waals surface area contributed by atoms with Crippen LogP contribution in [-0.2, 0) is 0 Å². The molecule has 6 nitrogen and oxygen atoms in total. The molecular weight excluding hydrogens is 144 g/mol. The quantitative estimate of drug-likeness (QED) is 0.598. The first-order valence-electron chi connectivity index (χ1n) is 2.98. The van der Waals surface area contributed by atoms with Gasteiger partial charge in [-0.25, -0.2) is 15.1 Å². The van der Waals surface area contributed by atoms with Gasteiger partial charge in [0.05, 0.1) is 0 Å². The molecule has 0 aromatic carbocycles. The smallest absolute Gasteiger partial charge is 0.217 e. The van der Waals surface area contributed by atoms with E-state index in [-0.39, 0.29) is 0 Å². The highest BCUT2D eigenvalue weighted by Gasteiger charge is 2.01. The first-order chi connectivity index (χ1) is 5.47. The molecule has 0 radical (unpaired) electrons. The van der Waals surface area contributed by atoms with E-state index in [9.17, 15) is 0 Å². The van der Waals surface area contributed by atoms with Crippen LogP contribution >= 0.6 is 0 Å². The van der Waals surface area contributed by atoms with E-state index >= 15 is 0 Å². The van der Waals surface area contributed by atoms with Crippen LogP contribution in [0.4, 0.5) is 0 Å². The van der Waals surface area contributed by atoms with E-state index in [1.807, 2.05) is 0 Å². The molecule has 1 N–H and O–H groups in total. The zero-order chi connectivity index (χ0) is 7.52. The molecule has 6 heteroatoms. The summed E-state index contributed by atoms with van der Waals surface area (Å²) >= 11 is 0. The molecule has 2 rings (SSSR count). The van der Waals surface area contributed by atoms with Gasteiger partial charge in [-0.3, -0.25) is 0 Å². The monoisotopic (exact) mass is 148 g/mol. The van der Waals surface area contributed by atoms with Crippen molar-refractivity contribution in [1.29, 1.82) is 0 Å². The third-order valence-corrected chi connectivity index (χ3v) is 1.12. The molecule has 2 aromatic rings. The Morgan fingerprint density at radius 3 is 2.64 bits per heavy atom. The van der Waals surface area contributed by atoms with Gasteiger partial charge in [0.15, 0.2) is 5.82 Å². The van der Waals surface area contributed by atoms with Crippen molar-refractivity contribution >= 4 is 0 Å². The average Bonchev–Trinajstić information content (AvgIpc) is 2.58. The van der Waals surface area contributed by atoms with E-state index in [0.717, 1.165) is 0 Å². The molecule has 54 valence electrons. The van der Waals surface area contributed by atoms with Crippen LogP contribution in [0.5, 0.6) is 0 Å². The summed E-state index contributed by atoms with van der Waals surface area (Å²) in [4.78, 5) is 7.87. The van der Waals surface area contributed by atoms with Crippen molar-refractivity contribution in [3.63, 3.8) is 0 Å². The molecule has 2 aromatic heterocycles. The fourth-order valence-corrected chi connectivity index (χ4v) is 0.675. The largest absolute Gasteiger partial charge is 0.236 e. The lowest BCUT2D eigenvalue weighted by atomic mass is 10.5. The van der Waals surface area contributed by atoms with E-state index in [1.54, 1.807) is 18.5 Å². The second-order valence-electron chi connectivity index (χ2n) is 1.82. The van der Waals surface area contributed by atoms with Crippen LogP contribution in [-0.4, -0.2) is 30.6 Å². The average molecular weight is 148 g/mol. The zero-order valence-electron chi connectivity index (χ0n) is 5.47. The maximum atomic E-state index is 3.94. The predicted octanol–water partition coefficient (Wildman–Crippen LogP) is -0.343. The Labute approximate surface area is 61.7 Å². The molecular formula is C5H4N6. The van der Waals surface area contributed by atoms with E-state index < -0.39 is 0 Å². The second-order valence-corrected chi connectivity index (χ2v) is 1.82. The third-order valence-electron chi connectivity index (χ3n) is 1.12. The fraction of sp³-hybridized carbons (Fsp3) is 0. The van der Waals surface area contributed by atoms with Gasteiger partial charge in [-0.1, -0.05) is 0 Å². The van der Waals surface area contributed by atoms with Crippen LogP contribution < -0.4 is 0 Å². The van der Waals surface area contributed by atoms with Crippen molar-refractivity contribution < 1.29 is 0 Å². The molecule has 0 bridgehead atoms. The SMILES string of the molecule is c1cnc(-c2nnn[nH]2)nc1. The van der Waals surface area contributed by atoms with Gasteiger partial charge in [0.25, 0.3) is 0 Å². The molecule has 11 heavy (non-hydrogen) atoms. The molecule has 0 aliphatic heterocycles. The first kappa shape index (κ1) is 5.90. The highest BCUT2D eigenvalue weighted by molar-refractivity contribution is 5.38. The highest BCUT2D eigenvalue weighted by atomic mass is 15.5. The number of rotatable bonds is 1. The lowest BCUT2D eigenvalue weighted by Gasteiger charge is -1.88. The molecule has 0 atom stereocenters. The van der Waals surface area contributed by atoms with Crippen LogP contribution in [0.25, 0.3) is 11.6 Å². The summed E-state index contributed by atoms with van der Waals surface area (Å²) in [5.74, 6) is 0.975. The van der Waals surface area contributed by atoms with Gasteiger partial charge in [-0.05, 0) is 16.5 Å². The van der Waals surface area contributed by atoms with E-state index in [2.05, 4.69) is 30.6 Å². The Morgan fingerprint density at radius 2 is 2.00 bits per heavy atom. The van der Waals surface area contributed by atoms with Crippen molar-refractivity contribution in [2.24, 2.45) is 0 Å². The number of hydrogen-bond donors (Lipinski definition) is 1. The van der Waals surface area contributed by atoms with Crippen molar-refractivity contribution in [2.75, 3.05) is 0 Å². The summed E-state index contributed by atoms with van der Waals surface area (Å²) in [6.07, 6.45) is 3.26. The summed E-state index contributed by atoms with van der Waals surface area (Å²) in [5.41, 5.74) is 0. The summed E-state index contributed by atoms with van der Waals surface area (Å²) in [6.45, 7) is 0. The van der Waals surface area contributed by atoms with Crippen LogP contribution in [0.1, 0.15) is 0 Å². The molecule has 0 aliphatic rings. The van der Waals surface area contributed by atoms with Crippen LogP contribution in [0, 0.1) is 0 Å². The number of aromatic nitrogens is 6. The molecule has 2 heterocycles. The molecule has 0 saturated carbocycles. The number of nitrogens with zero attached hydrogens (tertiary/aromatic N) is 5. The summed E-state index contributed by atoms with van der Waals surface area (Å²) < 4.78 is 0. The molecule has 0 aliphatic carbocycles. The van der Waals surface area contributed by atoms with Gasteiger partial charge in [0.2, 0.25) is 5.82 Å². The lowest BCUT2D eigenvalue weighted by molar-refractivity contribution is 0.881. The minimum atomic E-state index is 0.477. The van der Waals surface area contributed by atoms with Crippen LogP contribution in [0.15, 0.2) is 18.5 Å². The van der Waals surface area contributed by atoms with Crippen molar-refractivity contribution in [1.82, 2.24) is 30.6 Å². The van der Waals surface area contributed by atoms with Crippen LogP contribution in [0.2, 0.25) is 0 Å². The molecule has 0 spiro atoms. The van der Waals surface area contributed by atoms with Gasteiger partial charge < -0.3 is 0 Å². The maximum Gasteiger partial charge on any atom is 0.217 e. The number of H-pyrrole nitrogens is 1. The minimum absolute atomic E-state index is 0.477. The zero-order valence-corrected chi connectivity index (χ0v) is 5.47. The van der Waals surface area contributed by atoms with Gasteiger partial charge in [0, 0.05) is 12.4 Å². The van der Waals surface area contributed by atoms with E-state index in [4.69, 9.17) is 0 Å². The molecule has 0 amide bonds. The minimum Gasteiger partial charge on any atom is -0.236 e. The fourth-order valence-electron chi connectivity index (χ4n) is 0.675. The summed E-state index contributed by atoms with van der Waals surface area (Å²) in [7, 11) is 0. The summed E-state index contributed by atoms with van der Waals surface area (Å²) in [5, 5.41) is 13.0. The second kappa shape index (κ2) is 2.41. The van der Waals surface area contributed by atoms with E-state index in [0.29, 0.717) is 11.6 Å². The molecule has 0 saturated heterocycles. The Morgan fingerprint density at radius 1 is 1.18 bits per heavy atom. The first-order valence-corrected chi connectivity index (χ1v) is 2.98. The highest BCUT2D eigenvalue weighted by Crippen LogP contribution is 2.01.